The van der Waals surface area contributed by atoms with E-state index in [2.05, 4.69) is 5.32 Å². The van der Waals surface area contributed by atoms with Crippen LogP contribution < -0.4 is 10.1 Å². The monoisotopic (exact) mass is 326 g/mol. The molecular weight excluding hydrogens is 308 g/mol. The number of ether oxygens (including phenoxy) is 1. The van der Waals surface area contributed by atoms with Crippen molar-refractivity contribution in [1.29, 1.82) is 0 Å². The first-order valence-electron chi connectivity index (χ1n) is 7.87. The van der Waals surface area contributed by atoms with E-state index in [0.717, 1.165) is 11.3 Å². The molecule has 0 radical (unpaired) electrons. The number of rotatable bonds is 4. The normalized spacial score (nSPS) is 16.0. The molecule has 3 rings (SSSR count). The van der Waals surface area contributed by atoms with Crippen LogP contribution in [0.25, 0.3) is 0 Å². The summed E-state index contributed by atoms with van der Waals surface area (Å²) in [5.74, 6) is 0.303. The third-order valence-electron chi connectivity index (χ3n) is 4.18. The van der Waals surface area contributed by atoms with Gasteiger partial charge in [-0.3, -0.25) is 14.9 Å². The molecule has 2 aromatic carbocycles. The third-order valence-corrected chi connectivity index (χ3v) is 4.18. The van der Waals surface area contributed by atoms with Crippen molar-refractivity contribution in [3.05, 3.63) is 63.7 Å². The Morgan fingerprint density at radius 3 is 2.88 bits per heavy atom. The van der Waals surface area contributed by atoms with Gasteiger partial charge in [0.2, 0.25) is 5.91 Å². The molecular formula is C18H18N2O4. The number of para-hydroxylation sites is 1. The van der Waals surface area contributed by atoms with Crippen molar-refractivity contribution in [3.8, 4) is 5.75 Å². The van der Waals surface area contributed by atoms with E-state index >= 15 is 0 Å². The molecule has 6 nitrogen and oxygen atoms in total. The van der Waals surface area contributed by atoms with Crippen molar-refractivity contribution in [1.82, 2.24) is 0 Å². The molecule has 0 saturated heterocycles. The van der Waals surface area contributed by atoms with Crippen LogP contribution >= 0.6 is 0 Å². The third kappa shape index (κ3) is 3.22. The Labute approximate surface area is 139 Å². The van der Waals surface area contributed by atoms with Crippen LogP contribution in [0, 0.1) is 16.0 Å². The SMILES string of the molecule is CCc1ccc(NC(=O)C2COc3ccccc3C2)cc1[N+](=O)[O-]. The van der Waals surface area contributed by atoms with E-state index in [-0.39, 0.29) is 17.5 Å². The smallest absolute Gasteiger partial charge is 0.274 e. The van der Waals surface area contributed by atoms with E-state index in [1.165, 1.54) is 6.07 Å². The van der Waals surface area contributed by atoms with Crippen molar-refractivity contribution in [2.45, 2.75) is 19.8 Å². The molecule has 0 aliphatic carbocycles. The molecule has 1 heterocycles. The number of aryl methyl sites for hydroxylation is 1. The van der Waals surface area contributed by atoms with E-state index < -0.39 is 4.92 Å². The first kappa shape index (κ1) is 16.0. The quantitative estimate of drug-likeness (QED) is 0.690. The van der Waals surface area contributed by atoms with Crippen LogP contribution in [0.1, 0.15) is 18.1 Å². The summed E-state index contributed by atoms with van der Waals surface area (Å²) in [7, 11) is 0. The lowest BCUT2D eigenvalue weighted by molar-refractivity contribution is -0.385. The van der Waals surface area contributed by atoms with Gasteiger partial charge >= 0.3 is 0 Å². The Morgan fingerprint density at radius 1 is 1.33 bits per heavy atom. The number of fused-ring (bicyclic) bond motifs is 1. The van der Waals surface area contributed by atoms with Crippen LogP contribution in [0.15, 0.2) is 42.5 Å². The molecule has 1 aliphatic heterocycles. The maximum Gasteiger partial charge on any atom is 0.274 e. The zero-order chi connectivity index (χ0) is 17.1. The highest BCUT2D eigenvalue weighted by Gasteiger charge is 2.26. The number of anilines is 1. The number of nitrogens with zero attached hydrogens (tertiary/aromatic N) is 1. The first-order valence-corrected chi connectivity index (χ1v) is 7.87. The van der Waals surface area contributed by atoms with Crippen molar-refractivity contribution in [3.63, 3.8) is 0 Å². The van der Waals surface area contributed by atoms with Crippen molar-refractivity contribution < 1.29 is 14.5 Å². The standard InChI is InChI=1S/C18H18N2O4/c1-2-12-7-8-15(10-16(12)20(22)23)19-18(21)14-9-13-5-3-4-6-17(13)24-11-14/h3-8,10,14H,2,9,11H2,1H3,(H,19,21). The van der Waals surface area contributed by atoms with Gasteiger partial charge in [0.05, 0.1) is 10.8 Å². The summed E-state index contributed by atoms with van der Waals surface area (Å²) in [6.07, 6.45) is 1.16. The van der Waals surface area contributed by atoms with Crippen molar-refractivity contribution >= 4 is 17.3 Å². The largest absolute Gasteiger partial charge is 0.492 e. The van der Waals surface area contributed by atoms with Gasteiger partial charge in [-0.25, -0.2) is 0 Å². The molecule has 1 N–H and O–H groups in total. The fourth-order valence-electron chi connectivity index (χ4n) is 2.85. The lowest BCUT2D eigenvalue weighted by atomic mass is 9.96. The van der Waals surface area contributed by atoms with Crippen LogP contribution in [0.5, 0.6) is 5.75 Å². The molecule has 1 atom stereocenters. The molecule has 24 heavy (non-hydrogen) atoms. The van der Waals surface area contributed by atoms with Crippen LogP contribution in [0.3, 0.4) is 0 Å². The summed E-state index contributed by atoms with van der Waals surface area (Å²) >= 11 is 0. The maximum atomic E-state index is 12.5. The average Bonchev–Trinajstić information content (AvgIpc) is 2.61. The van der Waals surface area contributed by atoms with E-state index in [1.54, 1.807) is 12.1 Å². The van der Waals surface area contributed by atoms with Gasteiger partial charge in [-0.1, -0.05) is 31.2 Å². The topological polar surface area (TPSA) is 81.5 Å². The molecule has 1 unspecified atom stereocenters. The van der Waals surface area contributed by atoms with Gasteiger partial charge in [-0.05, 0) is 30.5 Å². The van der Waals surface area contributed by atoms with Gasteiger partial charge in [0.1, 0.15) is 12.4 Å². The number of benzene rings is 2. The first-order chi connectivity index (χ1) is 11.6. The van der Waals surface area contributed by atoms with Crippen LogP contribution in [-0.4, -0.2) is 17.4 Å². The molecule has 1 aliphatic rings. The fraction of sp³-hybridized carbons (Fsp3) is 0.278. The Morgan fingerprint density at radius 2 is 2.12 bits per heavy atom. The predicted octanol–water partition coefficient (Wildman–Crippen LogP) is 3.35. The summed E-state index contributed by atoms with van der Waals surface area (Å²) in [4.78, 5) is 23.2. The highest BCUT2D eigenvalue weighted by molar-refractivity contribution is 5.93. The number of nitrogens with one attached hydrogen (secondary N) is 1. The average molecular weight is 326 g/mol. The minimum atomic E-state index is -0.422. The molecule has 0 aromatic heterocycles. The van der Waals surface area contributed by atoms with Gasteiger partial charge < -0.3 is 10.1 Å². The maximum absolute atomic E-state index is 12.5. The highest BCUT2D eigenvalue weighted by atomic mass is 16.6. The molecule has 2 aromatic rings. The number of carbonyl (C=O) groups is 1. The number of carbonyl (C=O) groups excluding carboxylic acids is 1. The number of hydrogen-bond donors (Lipinski definition) is 1. The summed E-state index contributed by atoms with van der Waals surface area (Å²) in [5.41, 5.74) is 2.10. The lowest BCUT2D eigenvalue weighted by Gasteiger charge is -2.24. The van der Waals surface area contributed by atoms with E-state index in [1.807, 2.05) is 31.2 Å². The van der Waals surface area contributed by atoms with Crippen LogP contribution in [0.4, 0.5) is 11.4 Å². The van der Waals surface area contributed by atoms with Crippen LogP contribution in [0.2, 0.25) is 0 Å². The van der Waals surface area contributed by atoms with Gasteiger partial charge in [-0.15, -0.1) is 0 Å². The Balaban J connectivity index is 1.74. The summed E-state index contributed by atoms with van der Waals surface area (Å²) in [6.45, 7) is 2.16. The summed E-state index contributed by atoms with van der Waals surface area (Å²) < 4.78 is 5.62. The van der Waals surface area contributed by atoms with Crippen molar-refractivity contribution in [2.75, 3.05) is 11.9 Å². The number of amides is 1. The Bertz CT molecular complexity index is 788. The Hall–Kier alpha value is -2.89. The lowest BCUT2D eigenvalue weighted by Crippen LogP contribution is -2.32. The van der Waals surface area contributed by atoms with E-state index in [9.17, 15) is 14.9 Å². The zero-order valence-electron chi connectivity index (χ0n) is 13.3. The minimum Gasteiger partial charge on any atom is -0.492 e. The van der Waals surface area contributed by atoms with Gasteiger partial charge in [-0.2, -0.15) is 0 Å². The zero-order valence-corrected chi connectivity index (χ0v) is 13.3. The van der Waals surface area contributed by atoms with E-state index in [4.69, 9.17) is 4.74 Å². The second-order valence-electron chi connectivity index (χ2n) is 5.76. The van der Waals surface area contributed by atoms with Gasteiger partial charge in [0.25, 0.3) is 5.69 Å². The van der Waals surface area contributed by atoms with E-state index in [0.29, 0.717) is 30.7 Å². The number of nitro groups is 1. The number of nitro benzene ring substituents is 1. The predicted molar refractivity (Wildman–Crippen MR) is 90.2 cm³/mol. The summed E-state index contributed by atoms with van der Waals surface area (Å²) in [6, 6.07) is 12.4. The number of hydrogen-bond acceptors (Lipinski definition) is 4. The highest BCUT2D eigenvalue weighted by Crippen LogP contribution is 2.28. The fourth-order valence-corrected chi connectivity index (χ4v) is 2.85. The second-order valence-corrected chi connectivity index (χ2v) is 5.76. The molecule has 0 fully saturated rings. The molecule has 0 saturated carbocycles. The molecule has 0 bridgehead atoms. The summed E-state index contributed by atoms with van der Waals surface area (Å²) in [5, 5.41) is 13.9. The minimum absolute atomic E-state index is 0.0283. The molecule has 124 valence electrons. The van der Waals surface area contributed by atoms with Crippen molar-refractivity contribution in [2.24, 2.45) is 5.92 Å². The van der Waals surface area contributed by atoms with Gasteiger partial charge in [0, 0.05) is 17.3 Å². The second kappa shape index (κ2) is 6.70. The molecule has 0 spiro atoms. The Kier molecular flexibility index (Phi) is 4.46. The molecule has 1 amide bonds. The molecule has 6 heteroatoms. The van der Waals surface area contributed by atoms with Crippen LogP contribution in [-0.2, 0) is 17.6 Å². The van der Waals surface area contributed by atoms with Gasteiger partial charge in [0.15, 0.2) is 0 Å².